The first kappa shape index (κ1) is 11.9. The fourth-order valence-electron chi connectivity index (χ4n) is 1.20. The van der Waals surface area contributed by atoms with Gasteiger partial charge < -0.3 is 15.8 Å². The quantitative estimate of drug-likeness (QED) is 0.779. The van der Waals surface area contributed by atoms with Gasteiger partial charge in [-0.25, -0.2) is 0 Å². The Bertz CT molecular complexity index is 299. The molecule has 1 aromatic rings. The first-order valence-electron chi connectivity index (χ1n) is 5.27. The van der Waals surface area contributed by atoms with Gasteiger partial charge in [-0.1, -0.05) is 19.9 Å². The second kappa shape index (κ2) is 5.61. The van der Waals surface area contributed by atoms with Gasteiger partial charge in [0.1, 0.15) is 5.75 Å². The number of ether oxygens (including phenoxy) is 1. The van der Waals surface area contributed by atoms with E-state index < -0.39 is 0 Å². The smallest absolute Gasteiger partial charge is 0.120 e. The van der Waals surface area contributed by atoms with Crippen molar-refractivity contribution in [3.8, 4) is 5.75 Å². The summed E-state index contributed by atoms with van der Waals surface area (Å²) in [7, 11) is 1.67. The lowest BCUT2D eigenvalue weighted by atomic mass is 10.1. The van der Waals surface area contributed by atoms with Gasteiger partial charge in [-0.05, 0) is 18.1 Å². The van der Waals surface area contributed by atoms with Crippen molar-refractivity contribution in [2.45, 2.75) is 19.9 Å². The van der Waals surface area contributed by atoms with Crippen molar-refractivity contribution in [1.29, 1.82) is 0 Å². The topological polar surface area (TPSA) is 47.3 Å². The van der Waals surface area contributed by atoms with Crippen molar-refractivity contribution in [3.63, 3.8) is 0 Å². The standard InChI is InChI=1S/C12H20N2O/c1-9(2)12(13)8-14-10-5-4-6-11(7-10)15-3/h4-7,9,12,14H,8,13H2,1-3H3. The van der Waals surface area contributed by atoms with Gasteiger partial charge in [-0.3, -0.25) is 0 Å². The number of benzene rings is 1. The molecule has 3 heteroatoms. The Hall–Kier alpha value is -1.22. The highest BCUT2D eigenvalue weighted by molar-refractivity contribution is 5.48. The number of nitrogens with one attached hydrogen (secondary N) is 1. The maximum absolute atomic E-state index is 5.94. The zero-order chi connectivity index (χ0) is 11.3. The average Bonchev–Trinajstić information content (AvgIpc) is 2.26. The van der Waals surface area contributed by atoms with Crippen molar-refractivity contribution >= 4 is 5.69 Å². The van der Waals surface area contributed by atoms with E-state index in [0.717, 1.165) is 18.0 Å². The summed E-state index contributed by atoms with van der Waals surface area (Å²) < 4.78 is 5.14. The Morgan fingerprint density at radius 1 is 1.40 bits per heavy atom. The summed E-state index contributed by atoms with van der Waals surface area (Å²) in [6, 6.07) is 8.04. The van der Waals surface area contributed by atoms with Crippen LogP contribution in [0.25, 0.3) is 0 Å². The van der Waals surface area contributed by atoms with E-state index in [2.05, 4.69) is 19.2 Å². The number of rotatable bonds is 5. The van der Waals surface area contributed by atoms with Crippen molar-refractivity contribution in [2.75, 3.05) is 19.0 Å². The molecule has 15 heavy (non-hydrogen) atoms. The van der Waals surface area contributed by atoms with Crippen LogP contribution in [0.15, 0.2) is 24.3 Å². The van der Waals surface area contributed by atoms with Crippen molar-refractivity contribution in [1.82, 2.24) is 0 Å². The summed E-state index contributed by atoms with van der Waals surface area (Å²) in [5, 5.41) is 3.30. The normalized spacial score (nSPS) is 12.6. The lowest BCUT2D eigenvalue weighted by Gasteiger charge is -2.17. The second-order valence-electron chi connectivity index (χ2n) is 4.02. The van der Waals surface area contributed by atoms with E-state index in [9.17, 15) is 0 Å². The molecule has 84 valence electrons. The maximum Gasteiger partial charge on any atom is 0.120 e. The summed E-state index contributed by atoms with van der Waals surface area (Å²) in [6.07, 6.45) is 0. The molecule has 1 atom stereocenters. The molecule has 0 spiro atoms. The summed E-state index contributed by atoms with van der Waals surface area (Å²) in [4.78, 5) is 0. The molecule has 0 aliphatic heterocycles. The largest absolute Gasteiger partial charge is 0.497 e. The highest BCUT2D eigenvalue weighted by Gasteiger charge is 2.06. The summed E-state index contributed by atoms with van der Waals surface area (Å²) in [5.74, 6) is 1.35. The van der Waals surface area contributed by atoms with Gasteiger partial charge in [-0.2, -0.15) is 0 Å². The van der Waals surface area contributed by atoms with Crippen LogP contribution in [-0.4, -0.2) is 19.7 Å². The number of methoxy groups -OCH3 is 1. The van der Waals surface area contributed by atoms with Crippen LogP contribution in [0.5, 0.6) is 5.75 Å². The van der Waals surface area contributed by atoms with Crippen LogP contribution in [0.3, 0.4) is 0 Å². The Kier molecular flexibility index (Phi) is 4.43. The molecule has 0 saturated carbocycles. The Morgan fingerprint density at radius 2 is 2.13 bits per heavy atom. The molecule has 0 bridgehead atoms. The summed E-state index contributed by atoms with van der Waals surface area (Å²) >= 11 is 0. The van der Waals surface area contributed by atoms with Gasteiger partial charge in [0.2, 0.25) is 0 Å². The maximum atomic E-state index is 5.94. The third kappa shape index (κ3) is 3.80. The van der Waals surface area contributed by atoms with Crippen LogP contribution >= 0.6 is 0 Å². The molecule has 0 saturated heterocycles. The zero-order valence-electron chi connectivity index (χ0n) is 9.66. The third-order valence-electron chi connectivity index (χ3n) is 2.47. The molecule has 0 radical (unpaired) electrons. The van der Waals surface area contributed by atoms with E-state index in [1.165, 1.54) is 0 Å². The molecule has 3 N–H and O–H groups in total. The van der Waals surface area contributed by atoms with Gasteiger partial charge in [-0.15, -0.1) is 0 Å². The lowest BCUT2D eigenvalue weighted by Crippen LogP contribution is -2.33. The van der Waals surface area contributed by atoms with Crippen LogP contribution in [0.4, 0.5) is 5.69 Å². The fourth-order valence-corrected chi connectivity index (χ4v) is 1.20. The second-order valence-corrected chi connectivity index (χ2v) is 4.02. The van der Waals surface area contributed by atoms with Crippen LogP contribution in [0.2, 0.25) is 0 Å². The number of nitrogens with two attached hydrogens (primary N) is 1. The van der Waals surface area contributed by atoms with Gasteiger partial charge in [0.15, 0.2) is 0 Å². The molecule has 0 aliphatic carbocycles. The first-order valence-corrected chi connectivity index (χ1v) is 5.27. The van der Waals surface area contributed by atoms with Gasteiger partial charge in [0.05, 0.1) is 7.11 Å². The van der Waals surface area contributed by atoms with Crippen LogP contribution in [0.1, 0.15) is 13.8 Å². The van der Waals surface area contributed by atoms with Gasteiger partial charge in [0, 0.05) is 24.3 Å². The van der Waals surface area contributed by atoms with E-state index in [1.54, 1.807) is 7.11 Å². The van der Waals surface area contributed by atoms with E-state index in [0.29, 0.717) is 5.92 Å². The molecule has 1 unspecified atom stereocenters. The predicted octanol–water partition coefficient (Wildman–Crippen LogP) is 2.09. The SMILES string of the molecule is COc1cccc(NCC(N)C(C)C)c1. The number of hydrogen-bond acceptors (Lipinski definition) is 3. The molecule has 0 aromatic heterocycles. The molecule has 0 fully saturated rings. The zero-order valence-corrected chi connectivity index (χ0v) is 9.66. The minimum absolute atomic E-state index is 0.177. The lowest BCUT2D eigenvalue weighted by molar-refractivity contribution is 0.415. The molecule has 0 heterocycles. The minimum atomic E-state index is 0.177. The molecule has 1 rings (SSSR count). The number of hydrogen-bond donors (Lipinski definition) is 2. The fraction of sp³-hybridized carbons (Fsp3) is 0.500. The Morgan fingerprint density at radius 3 is 2.73 bits per heavy atom. The molecule has 3 nitrogen and oxygen atoms in total. The molecule has 0 aliphatic rings. The Balaban J connectivity index is 2.50. The van der Waals surface area contributed by atoms with Crippen molar-refractivity contribution in [3.05, 3.63) is 24.3 Å². The average molecular weight is 208 g/mol. The molecular weight excluding hydrogens is 188 g/mol. The van der Waals surface area contributed by atoms with Gasteiger partial charge >= 0.3 is 0 Å². The van der Waals surface area contributed by atoms with Gasteiger partial charge in [0.25, 0.3) is 0 Å². The molecular formula is C12H20N2O. The van der Waals surface area contributed by atoms with E-state index >= 15 is 0 Å². The molecule has 0 amide bonds. The van der Waals surface area contributed by atoms with Crippen molar-refractivity contribution in [2.24, 2.45) is 11.7 Å². The molecule has 1 aromatic carbocycles. The Labute approximate surface area is 91.6 Å². The third-order valence-corrected chi connectivity index (χ3v) is 2.47. The van der Waals surface area contributed by atoms with E-state index in [1.807, 2.05) is 24.3 Å². The predicted molar refractivity (Wildman–Crippen MR) is 64.3 cm³/mol. The van der Waals surface area contributed by atoms with Crippen LogP contribution < -0.4 is 15.8 Å². The minimum Gasteiger partial charge on any atom is -0.497 e. The van der Waals surface area contributed by atoms with E-state index in [-0.39, 0.29) is 6.04 Å². The van der Waals surface area contributed by atoms with Crippen molar-refractivity contribution < 1.29 is 4.74 Å². The number of anilines is 1. The van der Waals surface area contributed by atoms with E-state index in [4.69, 9.17) is 10.5 Å². The summed E-state index contributed by atoms with van der Waals surface area (Å²) in [5.41, 5.74) is 6.99. The van der Waals surface area contributed by atoms with Crippen LogP contribution in [0, 0.1) is 5.92 Å². The first-order chi connectivity index (χ1) is 7.13. The monoisotopic (exact) mass is 208 g/mol. The summed E-state index contributed by atoms with van der Waals surface area (Å²) in [6.45, 7) is 5.03. The highest BCUT2D eigenvalue weighted by Crippen LogP contribution is 2.16. The highest BCUT2D eigenvalue weighted by atomic mass is 16.5. The van der Waals surface area contributed by atoms with Crippen LogP contribution in [-0.2, 0) is 0 Å².